The molecule has 1 aromatic rings. The number of likely N-dealkylation sites (tertiary alicyclic amines) is 1. The van der Waals surface area contributed by atoms with E-state index in [9.17, 15) is 10.1 Å². The molecule has 0 saturated carbocycles. The Morgan fingerprint density at radius 1 is 1.14 bits per heavy atom. The highest BCUT2D eigenvalue weighted by Crippen LogP contribution is 2.37. The van der Waals surface area contributed by atoms with Gasteiger partial charge in [-0.2, -0.15) is 0 Å². The highest BCUT2D eigenvalue weighted by Gasteiger charge is 2.38. The third-order valence-corrected chi connectivity index (χ3v) is 11.4. The fourth-order valence-corrected chi connectivity index (χ4v) is 4.80. The summed E-state index contributed by atoms with van der Waals surface area (Å²) in [4.78, 5) is 15.4. The first-order valence-electron chi connectivity index (χ1n) is 10.4. The summed E-state index contributed by atoms with van der Waals surface area (Å²) in [5, 5.41) is 11.1. The molecular formula is C21H35N3O3Si. The molecule has 0 N–H and O–H groups in total. The van der Waals surface area contributed by atoms with Crippen molar-refractivity contribution >= 4 is 19.7 Å². The van der Waals surface area contributed by atoms with Crippen molar-refractivity contribution in [2.75, 3.05) is 37.7 Å². The summed E-state index contributed by atoms with van der Waals surface area (Å²) in [7, 11) is -1.64. The van der Waals surface area contributed by atoms with Crippen molar-refractivity contribution in [1.82, 2.24) is 4.90 Å². The van der Waals surface area contributed by atoms with E-state index >= 15 is 0 Å². The molecule has 0 unspecified atom stereocenters. The van der Waals surface area contributed by atoms with Crippen LogP contribution in [0.1, 0.15) is 33.6 Å². The number of rotatable bonds is 6. The van der Waals surface area contributed by atoms with Gasteiger partial charge in [-0.05, 0) is 62.1 Å². The predicted octanol–water partition coefficient (Wildman–Crippen LogP) is 4.52. The van der Waals surface area contributed by atoms with E-state index in [4.69, 9.17) is 4.43 Å². The molecule has 0 atom stereocenters. The molecule has 2 fully saturated rings. The average Bonchev–Trinajstić information content (AvgIpc) is 2.59. The second kappa shape index (κ2) is 8.12. The molecule has 0 aromatic heterocycles. The molecular weight excluding hydrogens is 370 g/mol. The third-order valence-electron chi connectivity index (χ3n) is 6.94. The van der Waals surface area contributed by atoms with Crippen molar-refractivity contribution < 1.29 is 9.35 Å². The summed E-state index contributed by atoms with van der Waals surface area (Å²) >= 11 is 0. The molecule has 28 heavy (non-hydrogen) atoms. The van der Waals surface area contributed by atoms with E-state index in [1.165, 1.54) is 12.8 Å². The highest BCUT2D eigenvalue weighted by atomic mass is 28.4. The van der Waals surface area contributed by atoms with E-state index in [0.717, 1.165) is 38.5 Å². The maximum Gasteiger partial charge on any atom is 0.269 e. The summed E-state index contributed by atoms with van der Waals surface area (Å²) < 4.78 is 6.43. The fraction of sp³-hybridized carbons (Fsp3) is 0.714. The number of piperidine rings is 1. The van der Waals surface area contributed by atoms with E-state index in [1.807, 2.05) is 12.1 Å². The van der Waals surface area contributed by atoms with Gasteiger partial charge < -0.3 is 9.33 Å². The molecule has 0 spiro atoms. The standard InChI is InChI=1S/C21H35N3O3Si/c1-21(2,3)28(4,5)27-16-17-10-12-22(13-11-17)20-14-23(15-20)18-6-8-19(9-7-18)24(25)26/h6-9,17,20H,10-16H2,1-5H3. The van der Waals surface area contributed by atoms with Gasteiger partial charge in [-0.25, -0.2) is 0 Å². The normalized spacial score (nSPS) is 20.2. The smallest absolute Gasteiger partial charge is 0.269 e. The molecule has 0 bridgehead atoms. The number of hydrogen-bond acceptors (Lipinski definition) is 5. The van der Waals surface area contributed by atoms with Gasteiger partial charge in [0.1, 0.15) is 0 Å². The zero-order chi connectivity index (χ0) is 20.5. The first kappa shape index (κ1) is 21.3. The van der Waals surface area contributed by atoms with Crippen LogP contribution in [-0.4, -0.2) is 57.0 Å². The number of non-ortho nitro benzene ring substituents is 1. The lowest BCUT2D eigenvalue weighted by Crippen LogP contribution is -2.61. The van der Waals surface area contributed by atoms with Crippen LogP contribution in [0.3, 0.4) is 0 Å². The molecule has 0 amide bonds. The average molecular weight is 406 g/mol. The first-order chi connectivity index (χ1) is 13.1. The summed E-state index contributed by atoms with van der Waals surface area (Å²) in [6.07, 6.45) is 2.45. The molecule has 2 aliphatic rings. The van der Waals surface area contributed by atoms with Crippen LogP contribution in [-0.2, 0) is 4.43 Å². The van der Waals surface area contributed by atoms with E-state index < -0.39 is 8.32 Å². The molecule has 2 aliphatic heterocycles. The van der Waals surface area contributed by atoms with Crippen molar-refractivity contribution in [3.05, 3.63) is 34.4 Å². The minimum atomic E-state index is -1.64. The fourth-order valence-electron chi connectivity index (χ4n) is 3.71. The van der Waals surface area contributed by atoms with Crippen LogP contribution >= 0.6 is 0 Å². The predicted molar refractivity (Wildman–Crippen MR) is 117 cm³/mol. The second-order valence-electron chi connectivity index (χ2n) is 9.88. The SMILES string of the molecule is CC(C)(C)[Si](C)(C)OCC1CCN(C2CN(c3ccc([N+](=O)[O-])cc3)C2)CC1. The Labute approximate surface area is 170 Å². The van der Waals surface area contributed by atoms with E-state index in [0.29, 0.717) is 12.0 Å². The lowest BCUT2D eigenvalue weighted by atomic mass is 9.95. The zero-order valence-corrected chi connectivity index (χ0v) is 19.0. The van der Waals surface area contributed by atoms with Crippen LogP contribution in [0, 0.1) is 16.0 Å². The highest BCUT2D eigenvalue weighted by molar-refractivity contribution is 6.74. The van der Waals surface area contributed by atoms with E-state index in [1.54, 1.807) is 12.1 Å². The van der Waals surface area contributed by atoms with Crippen LogP contribution < -0.4 is 4.90 Å². The number of nitro benzene ring substituents is 1. The van der Waals surface area contributed by atoms with Gasteiger partial charge in [0.15, 0.2) is 8.32 Å². The van der Waals surface area contributed by atoms with Gasteiger partial charge in [0.05, 0.1) is 4.92 Å². The zero-order valence-electron chi connectivity index (χ0n) is 18.0. The number of nitro groups is 1. The third kappa shape index (κ3) is 4.75. The van der Waals surface area contributed by atoms with Crippen LogP contribution in [0.15, 0.2) is 24.3 Å². The maximum absolute atomic E-state index is 10.8. The Morgan fingerprint density at radius 2 is 1.71 bits per heavy atom. The quantitative estimate of drug-likeness (QED) is 0.396. The van der Waals surface area contributed by atoms with Crippen molar-refractivity contribution in [3.63, 3.8) is 0 Å². The Morgan fingerprint density at radius 3 is 2.21 bits per heavy atom. The Balaban J connectivity index is 1.40. The number of nitrogens with zero attached hydrogens (tertiary/aromatic N) is 3. The van der Waals surface area contributed by atoms with Crippen molar-refractivity contribution in [2.45, 2.75) is 57.8 Å². The minimum Gasteiger partial charge on any atom is -0.417 e. The topological polar surface area (TPSA) is 58.8 Å². The Hall–Kier alpha value is -1.44. The lowest BCUT2D eigenvalue weighted by molar-refractivity contribution is -0.384. The number of anilines is 1. The van der Waals surface area contributed by atoms with E-state index in [-0.39, 0.29) is 15.6 Å². The van der Waals surface area contributed by atoms with Gasteiger partial charge in [0.2, 0.25) is 0 Å². The number of benzene rings is 1. The second-order valence-corrected chi connectivity index (χ2v) is 14.7. The molecule has 0 aliphatic carbocycles. The van der Waals surface area contributed by atoms with Gasteiger partial charge in [0, 0.05) is 43.6 Å². The molecule has 156 valence electrons. The van der Waals surface area contributed by atoms with Crippen LogP contribution in [0.25, 0.3) is 0 Å². The van der Waals surface area contributed by atoms with Crippen molar-refractivity contribution in [3.8, 4) is 0 Å². The Bertz CT molecular complexity index is 673. The summed E-state index contributed by atoms with van der Waals surface area (Å²) in [5.41, 5.74) is 1.24. The largest absolute Gasteiger partial charge is 0.417 e. The van der Waals surface area contributed by atoms with Crippen LogP contribution in [0.4, 0.5) is 11.4 Å². The van der Waals surface area contributed by atoms with Gasteiger partial charge in [-0.3, -0.25) is 15.0 Å². The maximum atomic E-state index is 10.8. The number of hydrogen-bond donors (Lipinski definition) is 0. The molecule has 2 saturated heterocycles. The van der Waals surface area contributed by atoms with Gasteiger partial charge >= 0.3 is 0 Å². The molecule has 7 heteroatoms. The molecule has 3 rings (SSSR count). The van der Waals surface area contributed by atoms with Gasteiger partial charge in [0.25, 0.3) is 5.69 Å². The van der Waals surface area contributed by atoms with Crippen molar-refractivity contribution in [2.24, 2.45) is 5.92 Å². The molecule has 1 aromatic carbocycles. The van der Waals surface area contributed by atoms with Gasteiger partial charge in [-0.15, -0.1) is 0 Å². The molecule has 6 nitrogen and oxygen atoms in total. The summed E-state index contributed by atoms with van der Waals surface area (Å²) in [6.45, 7) is 16.8. The summed E-state index contributed by atoms with van der Waals surface area (Å²) in [5.74, 6) is 0.691. The molecule has 0 radical (unpaired) electrons. The monoisotopic (exact) mass is 405 g/mol. The van der Waals surface area contributed by atoms with E-state index in [2.05, 4.69) is 43.7 Å². The lowest BCUT2D eigenvalue weighted by Gasteiger charge is -2.49. The van der Waals surface area contributed by atoms with Crippen molar-refractivity contribution in [1.29, 1.82) is 0 Å². The first-order valence-corrected chi connectivity index (χ1v) is 13.3. The van der Waals surface area contributed by atoms with Crippen LogP contribution in [0.2, 0.25) is 18.1 Å². The summed E-state index contributed by atoms with van der Waals surface area (Å²) in [6, 6.07) is 7.52. The minimum absolute atomic E-state index is 0.155. The van der Waals surface area contributed by atoms with Crippen LogP contribution in [0.5, 0.6) is 0 Å². The Kier molecular flexibility index (Phi) is 6.17. The molecule has 2 heterocycles. The van der Waals surface area contributed by atoms with Gasteiger partial charge in [-0.1, -0.05) is 20.8 Å².